The topological polar surface area (TPSA) is 87.8 Å². The summed E-state index contributed by atoms with van der Waals surface area (Å²) in [6, 6.07) is 12.5. The molecule has 0 spiro atoms. The highest BCUT2D eigenvalue weighted by Crippen LogP contribution is 2.38. The smallest absolute Gasteiger partial charge is 0.264 e. The number of aromatic nitrogens is 1. The summed E-state index contributed by atoms with van der Waals surface area (Å²) in [5, 5.41) is 9.74. The van der Waals surface area contributed by atoms with Crippen molar-refractivity contribution in [2.24, 2.45) is 12.5 Å². The standard InChI is InChI=1S/C41H50N4O4/c1-26-27(2)39(46)43(7)24-35(26)31-20-37(48-8)36(38(21-31)49-9)25-44-16-13-29(14-17-44)19-30-11-10-12-33-28(3)45(18-15-34(30)33)40(47)32(23-42)22-41(4,5)6/h10-12,19-22,24,28H,13-18,25H2,1-9H3. The largest absolute Gasteiger partial charge is 0.496 e. The van der Waals surface area contributed by atoms with Crippen LogP contribution in [-0.4, -0.2) is 54.1 Å². The van der Waals surface area contributed by atoms with Gasteiger partial charge in [0.2, 0.25) is 0 Å². The molecule has 0 saturated carbocycles. The van der Waals surface area contributed by atoms with Crippen LogP contribution in [0.3, 0.4) is 0 Å². The highest BCUT2D eigenvalue weighted by molar-refractivity contribution is 5.97. The van der Waals surface area contributed by atoms with Gasteiger partial charge >= 0.3 is 0 Å². The number of piperidine rings is 1. The number of pyridine rings is 1. The highest BCUT2D eigenvalue weighted by atomic mass is 16.5. The molecule has 8 heteroatoms. The van der Waals surface area contributed by atoms with E-state index in [0.717, 1.165) is 77.2 Å². The molecule has 1 atom stereocenters. The van der Waals surface area contributed by atoms with Gasteiger partial charge in [-0.05, 0) is 85.4 Å². The van der Waals surface area contributed by atoms with Gasteiger partial charge in [-0.1, -0.05) is 56.7 Å². The van der Waals surface area contributed by atoms with Crippen LogP contribution in [-0.2, 0) is 24.8 Å². The van der Waals surface area contributed by atoms with Crippen LogP contribution in [0.4, 0.5) is 0 Å². The van der Waals surface area contributed by atoms with Crippen LogP contribution in [0.5, 0.6) is 11.5 Å². The molecule has 1 unspecified atom stereocenters. The maximum absolute atomic E-state index is 13.4. The van der Waals surface area contributed by atoms with Gasteiger partial charge in [0.05, 0.1) is 25.8 Å². The third-order valence-corrected chi connectivity index (χ3v) is 10.0. The summed E-state index contributed by atoms with van der Waals surface area (Å²) in [4.78, 5) is 30.2. The van der Waals surface area contributed by atoms with Crippen molar-refractivity contribution in [2.75, 3.05) is 33.9 Å². The molecule has 0 N–H and O–H groups in total. The van der Waals surface area contributed by atoms with Gasteiger partial charge in [-0.15, -0.1) is 0 Å². The van der Waals surface area contributed by atoms with Gasteiger partial charge in [0.1, 0.15) is 23.1 Å². The molecule has 2 aliphatic heterocycles. The molecule has 49 heavy (non-hydrogen) atoms. The lowest BCUT2D eigenvalue weighted by Gasteiger charge is -2.36. The molecule has 0 bridgehead atoms. The Hall–Kier alpha value is -4.61. The minimum atomic E-state index is -0.251. The highest BCUT2D eigenvalue weighted by Gasteiger charge is 2.31. The molecular weight excluding hydrogens is 612 g/mol. The first-order valence-corrected chi connectivity index (χ1v) is 17.2. The Morgan fingerprint density at radius 2 is 1.67 bits per heavy atom. The normalized spacial score (nSPS) is 17.0. The number of hydrogen-bond acceptors (Lipinski definition) is 6. The SMILES string of the molecule is COc1cc(-c2cn(C)c(=O)c(C)c2C)cc(OC)c1CN1CCC(=Cc2cccc3c2CCN(C(=O)C(C#N)=CC(C)(C)C)C3C)CC1. The van der Waals surface area contributed by atoms with Gasteiger partial charge in [-0.25, -0.2) is 0 Å². The first kappa shape index (κ1) is 35.7. The van der Waals surface area contributed by atoms with E-state index < -0.39 is 0 Å². The van der Waals surface area contributed by atoms with Crippen molar-refractivity contribution in [3.05, 3.63) is 97.5 Å². The lowest BCUT2D eigenvalue weighted by Crippen LogP contribution is -2.40. The van der Waals surface area contributed by atoms with E-state index in [0.29, 0.717) is 13.1 Å². The maximum Gasteiger partial charge on any atom is 0.264 e. The fraction of sp³-hybridized carbons (Fsp3) is 0.439. The van der Waals surface area contributed by atoms with Gasteiger partial charge in [0.15, 0.2) is 0 Å². The summed E-state index contributed by atoms with van der Waals surface area (Å²) in [7, 11) is 5.17. The number of methoxy groups -OCH3 is 2. The summed E-state index contributed by atoms with van der Waals surface area (Å²) >= 11 is 0. The Morgan fingerprint density at radius 1 is 1.02 bits per heavy atom. The van der Waals surface area contributed by atoms with Crippen LogP contribution >= 0.6 is 0 Å². The molecule has 3 heterocycles. The number of ether oxygens (including phenoxy) is 2. The summed E-state index contributed by atoms with van der Waals surface area (Å²) < 4.78 is 13.4. The number of aryl methyl sites for hydroxylation is 1. The van der Waals surface area contributed by atoms with Crippen molar-refractivity contribution in [2.45, 2.75) is 73.4 Å². The number of likely N-dealkylation sites (tertiary alicyclic amines) is 1. The Bertz CT molecular complexity index is 1890. The molecule has 8 nitrogen and oxygen atoms in total. The lowest BCUT2D eigenvalue weighted by atomic mass is 9.87. The second kappa shape index (κ2) is 14.5. The molecule has 0 aliphatic carbocycles. The molecule has 258 valence electrons. The van der Waals surface area contributed by atoms with Gasteiger partial charge in [0.25, 0.3) is 11.5 Å². The van der Waals surface area contributed by atoms with E-state index in [9.17, 15) is 14.9 Å². The quantitative estimate of drug-likeness (QED) is 0.195. The number of carbonyl (C=O) groups excluding carboxylic acids is 1. The van der Waals surface area contributed by atoms with Gasteiger partial charge in [-0.3, -0.25) is 14.5 Å². The van der Waals surface area contributed by atoms with Crippen LogP contribution < -0.4 is 15.0 Å². The molecular formula is C41H50N4O4. The Balaban J connectivity index is 1.31. The molecule has 1 saturated heterocycles. The number of nitrogens with zero attached hydrogens (tertiary/aromatic N) is 4. The lowest BCUT2D eigenvalue weighted by molar-refractivity contribution is -0.129. The number of fused-ring (bicyclic) bond motifs is 1. The van der Waals surface area contributed by atoms with E-state index >= 15 is 0 Å². The average molecular weight is 663 g/mol. The van der Waals surface area contributed by atoms with Crippen LogP contribution in [0.1, 0.15) is 80.0 Å². The van der Waals surface area contributed by atoms with E-state index in [1.807, 2.05) is 45.7 Å². The molecule has 5 rings (SSSR count). The Kier molecular flexibility index (Phi) is 10.5. The number of carbonyl (C=O) groups is 1. The molecule has 0 radical (unpaired) electrons. The zero-order valence-electron chi connectivity index (χ0n) is 30.6. The average Bonchev–Trinajstić information content (AvgIpc) is 3.08. The molecule has 1 fully saturated rings. The molecule has 2 aliphatic rings. The van der Waals surface area contributed by atoms with Crippen molar-refractivity contribution >= 4 is 12.0 Å². The number of hydrogen-bond donors (Lipinski definition) is 0. The summed E-state index contributed by atoms with van der Waals surface area (Å²) in [5.41, 5.74) is 9.73. The van der Waals surface area contributed by atoms with Crippen LogP contribution in [0.25, 0.3) is 17.2 Å². The summed E-state index contributed by atoms with van der Waals surface area (Å²) in [6.07, 6.45) is 8.71. The third-order valence-electron chi connectivity index (χ3n) is 10.0. The van der Waals surface area contributed by atoms with E-state index in [1.165, 1.54) is 16.7 Å². The van der Waals surface area contributed by atoms with Crippen molar-refractivity contribution in [3.8, 4) is 28.7 Å². The van der Waals surface area contributed by atoms with E-state index in [1.54, 1.807) is 31.9 Å². The van der Waals surface area contributed by atoms with Crippen LogP contribution in [0.15, 0.2) is 58.5 Å². The molecule has 1 amide bonds. The molecule has 1 aromatic heterocycles. The summed E-state index contributed by atoms with van der Waals surface area (Å²) in [5.74, 6) is 1.36. The van der Waals surface area contributed by atoms with Crippen LogP contribution in [0.2, 0.25) is 0 Å². The number of rotatable bonds is 7. The molecule has 2 aromatic carbocycles. The zero-order chi connectivity index (χ0) is 35.6. The summed E-state index contributed by atoms with van der Waals surface area (Å²) in [6.45, 7) is 15.1. The Labute approximate surface area is 291 Å². The number of amides is 1. The van der Waals surface area contributed by atoms with E-state index in [4.69, 9.17) is 9.47 Å². The monoisotopic (exact) mass is 662 g/mol. The van der Waals surface area contributed by atoms with Crippen molar-refractivity contribution in [3.63, 3.8) is 0 Å². The predicted octanol–water partition coefficient (Wildman–Crippen LogP) is 7.31. The van der Waals surface area contributed by atoms with Gasteiger partial charge in [-0.2, -0.15) is 5.26 Å². The molecule has 3 aromatic rings. The van der Waals surface area contributed by atoms with Gasteiger partial charge in [0, 0.05) is 50.6 Å². The van der Waals surface area contributed by atoms with Crippen molar-refractivity contribution in [1.82, 2.24) is 14.4 Å². The van der Waals surface area contributed by atoms with Crippen molar-refractivity contribution in [1.29, 1.82) is 5.26 Å². The Morgan fingerprint density at radius 3 is 2.27 bits per heavy atom. The first-order valence-electron chi connectivity index (χ1n) is 17.2. The van der Waals surface area contributed by atoms with Crippen molar-refractivity contribution < 1.29 is 14.3 Å². The third kappa shape index (κ3) is 7.52. The number of allylic oxidation sites excluding steroid dienone is 1. The van der Waals surface area contributed by atoms with E-state index in [2.05, 4.69) is 54.3 Å². The van der Waals surface area contributed by atoms with Crippen LogP contribution in [0, 0.1) is 30.6 Å². The van der Waals surface area contributed by atoms with E-state index in [-0.39, 0.29) is 28.5 Å². The minimum absolute atomic E-state index is 0.00925. The fourth-order valence-electron chi connectivity index (χ4n) is 7.19. The predicted molar refractivity (Wildman–Crippen MR) is 196 cm³/mol. The number of nitriles is 1. The maximum atomic E-state index is 13.4. The zero-order valence-corrected chi connectivity index (χ0v) is 30.6. The number of benzene rings is 2. The second-order valence-corrected chi connectivity index (χ2v) is 14.5. The van der Waals surface area contributed by atoms with Gasteiger partial charge < -0.3 is 18.9 Å². The first-order chi connectivity index (χ1) is 23.3. The second-order valence-electron chi connectivity index (χ2n) is 14.5. The minimum Gasteiger partial charge on any atom is -0.496 e. The fourth-order valence-corrected chi connectivity index (χ4v) is 7.19.